The van der Waals surface area contributed by atoms with E-state index in [0.29, 0.717) is 12.2 Å². The molecule has 0 N–H and O–H groups in total. The molecule has 0 radical (unpaired) electrons. The molecule has 0 saturated heterocycles. The van der Waals surface area contributed by atoms with Gasteiger partial charge in [0.25, 0.3) is 0 Å². The van der Waals surface area contributed by atoms with Crippen LogP contribution in [-0.4, -0.2) is 55.0 Å². The minimum absolute atomic E-state index is 0. The fourth-order valence-electron chi connectivity index (χ4n) is 5.06. The molecule has 0 amide bonds. The molecule has 7 heteroatoms. The molecule has 2 aliphatic rings. The molecule has 4 rings (SSSR count). The number of allylic oxidation sites excluding steroid dienone is 1. The highest BCUT2D eigenvalue weighted by molar-refractivity contribution is 9.09. The zero-order chi connectivity index (χ0) is 26.4. The van der Waals surface area contributed by atoms with Crippen molar-refractivity contribution in [3.8, 4) is 5.75 Å². The average Bonchev–Trinajstić information content (AvgIpc) is 2.93. The van der Waals surface area contributed by atoms with E-state index in [-0.39, 0.29) is 24.4 Å². The monoisotopic (exact) mass is 600 g/mol. The van der Waals surface area contributed by atoms with Gasteiger partial charge >= 0.3 is 5.97 Å². The van der Waals surface area contributed by atoms with Gasteiger partial charge in [-0.15, -0.1) is 12.4 Å². The number of esters is 1. The van der Waals surface area contributed by atoms with Crippen molar-refractivity contribution in [2.45, 2.75) is 40.2 Å². The number of carbonyl (C=O) groups excluding carboxylic acids is 1. The highest BCUT2D eigenvalue weighted by Crippen LogP contribution is 2.45. The Bertz CT molecular complexity index is 1220. The average molecular weight is 602 g/mol. The normalized spacial score (nSPS) is 15.7. The number of carbonyl (C=O) groups is 1. The predicted octanol–water partition coefficient (Wildman–Crippen LogP) is 7.25. The maximum atomic E-state index is 13.2. The Balaban J connectivity index is 0.00000400. The highest BCUT2D eigenvalue weighted by Gasteiger charge is 2.30. The Hall–Kier alpha value is -2.54. The Morgan fingerprint density at radius 2 is 1.74 bits per heavy atom. The molecule has 0 spiro atoms. The number of rotatable bonds is 11. The standard InChI is InChI=1S/C31H37BrN2O3.ClH/c1-5-33(6-2)22-14-16-26-28(20-22)37-29-21-23(34(7-3)8-4)15-17-27(29)30(26)24-12-9-10-13-25(24)31(35)36-19-11-18-32;/h9-10,12-17,20-22H,5-8,11,18-19H2,1-4H3;1H. The van der Waals surface area contributed by atoms with Gasteiger partial charge in [-0.1, -0.05) is 60.1 Å². The minimum atomic E-state index is -0.302. The molecule has 1 unspecified atom stereocenters. The number of benzene rings is 2. The molecule has 1 heterocycles. The number of anilines is 1. The van der Waals surface area contributed by atoms with E-state index in [1.54, 1.807) is 0 Å². The second-order valence-corrected chi connectivity index (χ2v) is 9.86. The highest BCUT2D eigenvalue weighted by atomic mass is 79.9. The third-order valence-electron chi connectivity index (χ3n) is 7.06. The summed E-state index contributed by atoms with van der Waals surface area (Å²) >= 11 is 3.41. The van der Waals surface area contributed by atoms with Gasteiger partial charge in [0.2, 0.25) is 0 Å². The summed E-state index contributed by atoms with van der Waals surface area (Å²) in [6.07, 6.45) is 7.35. The van der Waals surface area contributed by atoms with Gasteiger partial charge in [-0.2, -0.15) is 0 Å². The predicted molar refractivity (Wildman–Crippen MR) is 163 cm³/mol. The van der Waals surface area contributed by atoms with Gasteiger partial charge in [-0.25, -0.2) is 4.79 Å². The van der Waals surface area contributed by atoms with Crippen LogP contribution < -0.4 is 9.64 Å². The lowest BCUT2D eigenvalue weighted by Gasteiger charge is -2.33. The number of halogens is 2. The van der Waals surface area contributed by atoms with Crippen molar-refractivity contribution in [2.24, 2.45) is 0 Å². The van der Waals surface area contributed by atoms with Crippen LogP contribution in [0.5, 0.6) is 5.75 Å². The number of likely N-dealkylation sites (N-methyl/N-ethyl adjacent to an activating group) is 1. The Kier molecular flexibility index (Phi) is 11.1. The van der Waals surface area contributed by atoms with Crippen molar-refractivity contribution in [1.29, 1.82) is 0 Å². The molecule has 5 nitrogen and oxygen atoms in total. The third kappa shape index (κ3) is 6.19. The molecule has 0 fully saturated rings. The van der Waals surface area contributed by atoms with Crippen LogP contribution in [0.15, 0.2) is 72.0 Å². The Morgan fingerprint density at radius 3 is 2.42 bits per heavy atom. The summed E-state index contributed by atoms with van der Waals surface area (Å²) in [6, 6.07) is 14.3. The molecule has 2 aromatic carbocycles. The van der Waals surface area contributed by atoms with Crippen LogP contribution in [-0.2, 0) is 4.74 Å². The second kappa shape index (κ2) is 14.0. The number of hydrogen-bond acceptors (Lipinski definition) is 5. The van der Waals surface area contributed by atoms with Gasteiger partial charge in [0.1, 0.15) is 11.5 Å². The number of hydrogen-bond donors (Lipinski definition) is 0. The summed E-state index contributed by atoms with van der Waals surface area (Å²) < 4.78 is 12.2. The lowest BCUT2D eigenvalue weighted by atomic mass is 9.85. The van der Waals surface area contributed by atoms with Crippen molar-refractivity contribution < 1.29 is 14.3 Å². The van der Waals surface area contributed by atoms with Crippen LogP contribution >= 0.6 is 28.3 Å². The summed E-state index contributed by atoms with van der Waals surface area (Å²) in [7, 11) is 0. The Morgan fingerprint density at radius 1 is 1.00 bits per heavy atom. The van der Waals surface area contributed by atoms with Crippen LogP contribution in [0.3, 0.4) is 0 Å². The second-order valence-electron chi connectivity index (χ2n) is 9.07. The molecule has 38 heavy (non-hydrogen) atoms. The van der Waals surface area contributed by atoms with E-state index < -0.39 is 0 Å². The smallest absolute Gasteiger partial charge is 0.338 e. The number of fused-ring (bicyclic) bond motifs is 2. The fourth-order valence-corrected chi connectivity index (χ4v) is 5.29. The van der Waals surface area contributed by atoms with Crippen molar-refractivity contribution >= 4 is 45.6 Å². The van der Waals surface area contributed by atoms with Crippen LogP contribution in [0.25, 0.3) is 5.57 Å². The van der Waals surface area contributed by atoms with Crippen LogP contribution in [0.1, 0.15) is 55.6 Å². The molecule has 0 aromatic heterocycles. The van der Waals surface area contributed by atoms with E-state index in [1.807, 2.05) is 24.3 Å². The third-order valence-corrected chi connectivity index (χ3v) is 7.62. The van der Waals surface area contributed by atoms with Crippen LogP contribution in [0, 0.1) is 0 Å². The number of ether oxygens (including phenoxy) is 2. The maximum Gasteiger partial charge on any atom is 0.338 e. The summed E-state index contributed by atoms with van der Waals surface area (Å²) in [5.41, 5.74) is 5.53. The lowest BCUT2D eigenvalue weighted by Crippen LogP contribution is -2.34. The summed E-state index contributed by atoms with van der Waals surface area (Å²) in [5.74, 6) is 1.34. The SMILES string of the molecule is CCN(CC)c1ccc2c(c1)OC1=CC(N(CC)CC)C=CC1=C2c1ccccc1C(=O)OCCCBr.Cl. The zero-order valence-electron chi connectivity index (χ0n) is 22.7. The minimum Gasteiger partial charge on any atom is -0.462 e. The Labute approximate surface area is 241 Å². The van der Waals surface area contributed by atoms with Gasteiger partial charge in [0.05, 0.1) is 18.2 Å². The van der Waals surface area contributed by atoms with Gasteiger partial charge in [-0.05, 0) is 63.2 Å². The first kappa shape index (κ1) is 30.0. The van der Waals surface area contributed by atoms with Gasteiger partial charge in [-0.3, -0.25) is 4.90 Å². The van der Waals surface area contributed by atoms with E-state index in [0.717, 1.165) is 77.4 Å². The summed E-state index contributed by atoms with van der Waals surface area (Å²) in [6.45, 7) is 12.8. The molecular weight excluding hydrogens is 564 g/mol. The first-order chi connectivity index (χ1) is 18.1. The van der Waals surface area contributed by atoms with Gasteiger partial charge in [0, 0.05) is 46.9 Å². The summed E-state index contributed by atoms with van der Waals surface area (Å²) in [5, 5.41) is 0.795. The molecule has 1 aliphatic carbocycles. The first-order valence-electron chi connectivity index (χ1n) is 13.3. The molecule has 0 saturated carbocycles. The quantitative estimate of drug-likeness (QED) is 0.154. The number of alkyl halides is 1. The van der Waals surface area contributed by atoms with Crippen molar-refractivity contribution in [2.75, 3.05) is 43.0 Å². The van der Waals surface area contributed by atoms with E-state index in [9.17, 15) is 4.79 Å². The maximum absolute atomic E-state index is 13.2. The summed E-state index contributed by atoms with van der Waals surface area (Å²) in [4.78, 5) is 17.9. The largest absolute Gasteiger partial charge is 0.462 e. The lowest BCUT2D eigenvalue weighted by molar-refractivity contribution is 0.0506. The van der Waals surface area contributed by atoms with Gasteiger partial charge < -0.3 is 14.4 Å². The van der Waals surface area contributed by atoms with E-state index >= 15 is 0 Å². The van der Waals surface area contributed by atoms with Crippen molar-refractivity contribution in [3.05, 3.63) is 88.7 Å². The van der Waals surface area contributed by atoms with Crippen LogP contribution in [0.4, 0.5) is 5.69 Å². The van der Waals surface area contributed by atoms with Crippen molar-refractivity contribution in [1.82, 2.24) is 4.90 Å². The van der Waals surface area contributed by atoms with Crippen molar-refractivity contribution in [3.63, 3.8) is 0 Å². The molecule has 204 valence electrons. The fraction of sp³-hybridized carbons (Fsp3) is 0.387. The first-order valence-corrected chi connectivity index (χ1v) is 14.5. The molecule has 0 bridgehead atoms. The molecule has 1 aliphatic heterocycles. The van der Waals surface area contributed by atoms with E-state index in [4.69, 9.17) is 9.47 Å². The molecule has 1 atom stereocenters. The topological polar surface area (TPSA) is 42.0 Å². The zero-order valence-corrected chi connectivity index (χ0v) is 25.1. The molecule has 2 aromatic rings. The molecular formula is C31H38BrClN2O3. The number of nitrogens with zero attached hydrogens (tertiary/aromatic N) is 2. The van der Waals surface area contributed by atoms with E-state index in [2.05, 4.69) is 89.9 Å². The van der Waals surface area contributed by atoms with E-state index in [1.165, 1.54) is 0 Å². The van der Waals surface area contributed by atoms with Crippen LogP contribution in [0.2, 0.25) is 0 Å². The van der Waals surface area contributed by atoms with Gasteiger partial charge in [0.15, 0.2) is 0 Å².